The summed E-state index contributed by atoms with van der Waals surface area (Å²) >= 11 is 1.87. The van der Waals surface area contributed by atoms with Gasteiger partial charge in [-0.05, 0) is 116 Å². The van der Waals surface area contributed by atoms with Crippen LogP contribution in [0.2, 0.25) is 0 Å². The molecule has 0 spiro atoms. The van der Waals surface area contributed by atoms with Crippen LogP contribution in [0.5, 0.6) is 0 Å². The Morgan fingerprint density at radius 2 is 0.927 bits per heavy atom. The van der Waals surface area contributed by atoms with Crippen molar-refractivity contribution in [1.82, 2.24) is 0 Å². The van der Waals surface area contributed by atoms with Crippen LogP contribution in [0.1, 0.15) is 0 Å². The van der Waals surface area contributed by atoms with Gasteiger partial charge in [-0.1, -0.05) is 115 Å². The van der Waals surface area contributed by atoms with E-state index in [1.165, 1.54) is 53.2 Å². The van der Waals surface area contributed by atoms with Crippen molar-refractivity contribution in [3.8, 4) is 44.5 Å². The van der Waals surface area contributed by atoms with E-state index in [0.29, 0.717) is 0 Å². The minimum atomic E-state index is 0.878. The molecule has 55 heavy (non-hydrogen) atoms. The van der Waals surface area contributed by atoms with E-state index in [-0.39, 0.29) is 0 Å². The number of thiophene rings is 1. The Balaban J connectivity index is 1.22. The van der Waals surface area contributed by atoms with Crippen LogP contribution in [0.3, 0.4) is 0 Å². The average Bonchev–Trinajstić information content (AvgIpc) is 3.93. The summed E-state index contributed by atoms with van der Waals surface area (Å²) in [4.78, 5) is 0. The average molecular weight is 719 g/mol. The van der Waals surface area contributed by atoms with Crippen molar-refractivity contribution in [2.75, 3.05) is 0 Å². The molecule has 3 heterocycles. The molecule has 12 aromatic rings. The van der Waals surface area contributed by atoms with Crippen LogP contribution in [0.4, 0.5) is 0 Å². The normalized spacial score (nSPS) is 12.0. The molecular formula is C52H30O2S. The Hall–Kier alpha value is -6.94. The van der Waals surface area contributed by atoms with E-state index < -0.39 is 0 Å². The fourth-order valence-electron chi connectivity index (χ4n) is 8.82. The Bertz CT molecular complexity index is 3490. The second-order valence-electron chi connectivity index (χ2n) is 14.4. The Morgan fingerprint density at radius 1 is 0.309 bits per heavy atom. The zero-order valence-electron chi connectivity index (χ0n) is 29.5. The van der Waals surface area contributed by atoms with Crippen molar-refractivity contribution in [3.05, 3.63) is 182 Å². The summed E-state index contributed by atoms with van der Waals surface area (Å²) in [5.74, 6) is 0. The molecule has 0 aliphatic heterocycles. The summed E-state index contributed by atoms with van der Waals surface area (Å²) in [6.45, 7) is 0. The lowest BCUT2D eigenvalue weighted by Gasteiger charge is -2.17. The molecule has 0 radical (unpaired) electrons. The number of furan rings is 2. The van der Waals surface area contributed by atoms with E-state index in [9.17, 15) is 0 Å². The summed E-state index contributed by atoms with van der Waals surface area (Å²) < 4.78 is 15.6. The fourth-order valence-corrected chi connectivity index (χ4v) is 9.98. The number of fused-ring (bicyclic) bond motifs is 10. The van der Waals surface area contributed by atoms with Crippen LogP contribution >= 0.6 is 11.3 Å². The predicted molar refractivity (Wildman–Crippen MR) is 233 cm³/mol. The first kappa shape index (κ1) is 30.5. The van der Waals surface area contributed by atoms with E-state index in [4.69, 9.17) is 8.83 Å². The van der Waals surface area contributed by atoms with Gasteiger partial charge >= 0.3 is 0 Å². The Kier molecular flexibility index (Phi) is 6.54. The summed E-state index contributed by atoms with van der Waals surface area (Å²) in [6.07, 6.45) is 0. The van der Waals surface area contributed by atoms with Crippen molar-refractivity contribution < 1.29 is 8.83 Å². The Labute approximate surface area is 320 Å². The molecule has 0 bridgehead atoms. The maximum atomic E-state index is 6.61. The first-order chi connectivity index (χ1) is 27.2. The third kappa shape index (κ3) is 4.67. The highest BCUT2D eigenvalue weighted by molar-refractivity contribution is 7.26. The maximum Gasteiger partial charge on any atom is 0.136 e. The van der Waals surface area contributed by atoms with Gasteiger partial charge in [0.15, 0.2) is 0 Å². The van der Waals surface area contributed by atoms with Crippen LogP contribution in [0.15, 0.2) is 191 Å². The molecule has 12 rings (SSSR count). The van der Waals surface area contributed by atoms with E-state index in [2.05, 4.69) is 176 Å². The summed E-state index contributed by atoms with van der Waals surface area (Å²) in [5, 5.41) is 9.57. The second kappa shape index (κ2) is 11.8. The molecule has 0 fully saturated rings. The number of para-hydroxylation sites is 2. The molecule has 0 aliphatic rings. The van der Waals surface area contributed by atoms with Gasteiger partial charge in [0.25, 0.3) is 0 Å². The van der Waals surface area contributed by atoms with Gasteiger partial charge in [0.2, 0.25) is 0 Å². The topological polar surface area (TPSA) is 26.3 Å². The van der Waals surface area contributed by atoms with Gasteiger partial charge < -0.3 is 8.83 Å². The van der Waals surface area contributed by atoms with Gasteiger partial charge in [0.05, 0.1) is 0 Å². The molecular weight excluding hydrogens is 689 g/mol. The number of benzene rings is 9. The first-order valence-electron chi connectivity index (χ1n) is 18.7. The number of rotatable bonds is 4. The lowest BCUT2D eigenvalue weighted by atomic mass is 9.85. The molecule has 0 N–H and O–H groups in total. The quantitative estimate of drug-likeness (QED) is 0.181. The van der Waals surface area contributed by atoms with Crippen LogP contribution in [0, 0.1) is 0 Å². The van der Waals surface area contributed by atoms with Gasteiger partial charge in [-0.2, -0.15) is 0 Å². The van der Waals surface area contributed by atoms with Gasteiger partial charge in [0.1, 0.15) is 22.3 Å². The molecule has 0 aliphatic carbocycles. The minimum Gasteiger partial charge on any atom is -0.456 e. The van der Waals surface area contributed by atoms with Crippen molar-refractivity contribution in [1.29, 1.82) is 0 Å². The van der Waals surface area contributed by atoms with Gasteiger partial charge in [0, 0.05) is 47.3 Å². The lowest BCUT2D eigenvalue weighted by molar-refractivity contribution is 0.668. The van der Waals surface area contributed by atoms with E-state index in [1.54, 1.807) is 0 Å². The van der Waals surface area contributed by atoms with Crippen LogP contribution in [-0.2, 0) is 0 Å². The van der Waals surface area contributed by atoms with Gasteiger partial charge in [-0.25, -0.2) is 0 Å². The second-order valence-corrected chi connectivity index (χ2v) is 15.5. The van der Waals surface area contributed by atoms with Crippen molar-refractivity contribution >= 4 is 86.2 Å². The molecule has 3 aromatic heterocycles. The van der Waals surface area contributed by atoms with E-state index in [1.807, 2.05) is 17.4 Å². The highest BCUT2D eigenvalue weighted by atomic mass is 32.1. The molecule has 0 unspecified atom stereocenters. The summed E-state index contributed by atoms with van der Waals surface area (Å²) in [5.41, 5.74) is 12.8. The number of hydrogen-bond acceptors (Lipinski definition) is 3. The van der Waals surface area contributed by atoms with Crippen LogP contribution in [0.25, 0.3) is 119 Å². The smallest absolute Gasteiger partial charge is 0.136 e. The monoisotopic (exact) mass is 718 g/mol. The highest BCUT2D eigenvalue weighted by Gasteiger charge is 2.22. The van der Waals surface area contributed by atoms with Gasteiger partial charge in [-0.3, -0.25) is 0 Å². The van der Waals surface area contributed by atoms with Gasteiger partial charge in [-0.15, -0.1) is 11.3 Å². The summed E-state index contributed by atoms with van der Waals surface area (Å²) in [7, 11) is 0. The molecule has 9 aromatic carbocycles. The summed E-state index contributed by atoms with van der Waals surface area (Å²) in [6, 6.07) is 65.6. The largest absolute Gasteiger partial charge is 0.456 e. The zero-order chi connectivity index (χ0) is 36.0. The minimum absolute atomic E-state index is 0.878. The lowest BCUT2D eigenvalue weighted by Crippen LogP contribution is -1.91. The SMILES string of the molecule is c1ccc(-c2cc(-c3cccc4oc5ccccc5c34)cc(-c3c(-c4cccc5sc6cc7ccccc7cc6c45)ccc4oc5ccccc5c34)c2)cc1. The third-order valence-corrected chi connectivity index (χ3v) is 12.4. The maximum absolute atomic E-state index is 6.61. The molecule has 0 saturated heterocycles. The molecule has 0 amide bonds. The Morgan fingerprint density at radius 3 is 1.75 bits per heavy atom. The van der Waals surface area contributed by atoms with Crippen LogP contribution in [-0.4, -0.2) is 0 Å². The molecule has 0 saturated carbocycles. The van der Waals surface area contributed by atoms with Crippen molar-refractivity contribution in [3.63, 3.8) is 0 Å². The highest BCUT2D eigenvalue weighted by Crippen LogP contribution is 2.49. The van der Waals surface area contributed by atoms with Crippen molar-refractivity contribution in [2.45, 2.75) is 0 Å². The molecule has 3 heteroatoms. The zero-order valence-corrected chi connectivity index (χ0v) is 30.4. The first-order valence-corrected chi connectivity index (χ1v) is 19.5. The van der Waals surface area contributed by atoms with E-state index in [0.717, 1.165) is 66.1 Å². The molecule has 256 valence electrons. The predicted octanol–water partition coefficient (Wildman–Crippen LogP) is 15.7. The standard InChI is InChI=1S/C52H30O2S/c1-2-12-31(13-3-1)34-26-35(37-18-10-22-45-50(37)40-16-6-8-20-43(40)53-45)28-36(27-34)49-39(24-25-46-52(49)41-17-7-9-21-44(41)54-46)38-19-11-23-47-51(38)42-29-32-14-4-5-15-33(32)30-48(42)55-47/h1-30H. The molecule has 0 atom stereocenters. The molecule has 2 nitrogen and oxygen atoms in total. The van der Waals surface area contributed by atoms with Crippen LogP contribution < -0.4 is 0 Å². The fraction of sp³-hybridized carbons (Fsp3) is 0. The van der Waals surface area contributed by atoms with Crippen molar-refractivity contribution in [2.24, 2.45) is 0 Å². The number of hydrogen-bond donors (Lipinski definition) is 0. The third-order valence-electron chi connectivity index (χ3n) is 11.2. The van der Waals surface area contributed by atoms with E-state index >= 15 is 0 Å².